The Hall–Kier alpha value is -0.120. The molecule has 0 bridgehead atoms. The number of aliphatic hydroxyl groups is 1. The van der Waals surface area contributed by atoms with Crippen LogP contribution in [0.1, 0.15) is 46.5 Å². The minimum absolute atomic E-state index is 0.0991. The molecule has 17 heavy (non-hydrogen) atoms. The van der Waals surface area contributed by atoms with Crippen LogP contribution < -0.4 is 5.32 Å². The molecule has 1 atom stereocenters. The third-order valence-electron chi connectivity index (χ3n) is 3.57. The molecule has 2 aliphatic rings. The van der Waals surface area contributed by atoms with Crippen molar-refractivity contribution in [1.29, 1.82) is 0 Å². The fourth-order valence-corrected chi connectivity index (χ4v) is 2.20. The van der Waals surface area contributed by atoms with Gasteiger partial charge in [0.05, 0.1) is 6.10 Å². The molecule has 100 valence electrons. The van der Waals surface area contributed by atoms with Gasteiger partial charge in [0.2, 0.25) is 0 Å². The van der Waals surface area contributed by atoms with E-state index in [1.165, 1.54) is 32.2 Å². The van der Waals surface area contributed by atoms with E-state index in [9.17, 15) is 5.11 Å². The summed E-state index contributed by atoms with van der Waals surface area (Å²) in [4.78, 5) is 2.52. The van der Waals surface area contributed by atoms with Crippen LogP contribution in [0, 0.1) is 5.92 Å². The molecule has 0 saturated heterocycles. The highest BCUT2D eigenvalue weighted by Crippen LogP contribution is 2.34. The molecule has 1 unspecified atom stereocenters. The van der Waals surface area contributed by atoms with Gasteiger partial charge in [0, 0.05) is 31.2 Å². The van der Waals surface area contributed by atoms with Gasteiger partial charge in [-0.1, -0.05) is 0 Å². The van der Waals surface area contributed by atoms with E-state index in [1.807, 2.05) is 0 Å². The van der Waals surface area contributed by atoms with Crippen molar-refractivity contribution in [3.05, 3.63) is 0 Å². The highest BCUT2D eigenvalue weighted by molar-refractivity contribution is 4.89. The van der Waals surface area contributed by atoms with Crippen LogP contribution in [0.5, 0.6) is 0 Å². The first kappa shape index (κ1) is 13.3. The number of nitrogens with zero attached hydrogens (tertiary/aromatic N) is 1. The lowest BCUT2D eigenvalue weighted by atomic mass is 10.1. The quantitative estimate of drug-likeness (QED) is 0.710. The van der Waals surface area contributed by atoms with Crippen molar-refractivity contribution < 1.29 is 5.11 Å². The first-order valence-electron chi connectivity index (χ1n) is 7.11. The van der Waals surface area contributed by atoms with E-state index >= 15 is 0 Å². The maximum absolute atomic E-state index is 10.1. The molecule has 0 aromatic rings. The van der Waals surface area contributed by atoms with Crippen LogP contribution in [0.4, 0.5) is 0 Å². The first-order valence-corrected chi connectivity index (χ1v) is 7.11. The van der Waals surface area contributed by atoms with Crippen molar-refractivity contribution >= 4 is 0 Å². The summed E-state index contributed by atoms with van der Waals surface area (Å²) in [5.74, 6) is 0.929. The average Bonchev–Trinajstić information content (AvgIpc) is 3.04. The topological polar surface area (TPSA) is 35.5 Å². The summed E-state index contributed by atoms with van der Waals surface area (Å²) in [7, 11) is 0. The van der Waals surface area contributed by atoms with Crippen LogP contribution in [0.25, 0.3) is 0 Å². The van der Waals surface area contributed by atoms with Crippen LogP contribution in [-0.4, -0.2) is 47.3 Å². The molecule has 2 N–H and O–H groups in total. The van der Waals surface area contributed by atoms with Crippen molar-refractivity contribution in [2.75, 3.05) is 19.6 Å². The fraction of sp³-hybridized carbons (Fsp3) is 1.00. The van der Waals surface area contributed by atoms with E-state index in [4.69, 9.17) is 0 Å². The molecule has 0 amide bonds. The summed E-state index contributed by atoms with van der Waals surface area (Å²) < 4.78 is 0. The minimum Gasteiger partial charge on any atom is -0.390 e. The van der Waals surface area contributed by atoms with Gasteiger partial charge in [-0.25, -0.2) is 0 Å². The van der Waals surface area contributed by atoms with Crippen molar-refractivity contribution in [3.8, 4) is 0 Å². The maximum atomic E-state index is 10.1. The second-order valence-electron chi connectivity index (χ2n) is 6.91. The van der Waals surface area contributed by atoms with E-state index in [0.717, 1.165) is 18.5 Å². The molecular weight excluding hydrogens is 212 g/mol. The van der Waals surface area contributed by atoms with E-state index in [0.29, 0.717) is 6.54 Å². The summed E-state index contributed by atoms with van der Waals surface area (Å²) >= 11 is 0. The van der Waals surface area contributed by atoms with Gasteiger partial charge in [-0.3, -0.25) is 4.90 Å². The Balaban J connectivity index is 1.68. The molecule has 0 aromatic heterocycles. The lowest BCUT2D eigenvalue weighted by molar-refractivity contribution is 0.0985. The Bertz CT molecular complexity index is 241. The summed E-state index contributed by atoms with van der Waals surface area (Å²) in [5.41, 5.74) is 0.0991. The molecule has 0 aliphatic heterocycles. The van der Waals surface area contributed by atoms with Gasteiger partial charge >= 0.3 is 0 Å². The van der Waals surface area contributed by atoms with Crippen LogP contribution in [0.2, 0.25) is 0 Å². The Kier molecular flexibility index (Phi) is 4.11. The number of rotatable bonds is 7. The van der Waals surface area contributed by atoms with Gasteiger partial charge in [-0.05, 0) is 52.4 Å². The number of hydrogen-bond donors (Lipinski definition) is 2. The predicted molar refractivity (Wildman–Crippen MR) is 71.1 cm³/mol. The fourth-order valence-electron chi connectivity index (χ4n) is 2.20. The van der Waals surface area contributed by atoms with Gasteiger partial charge in [0.1, 0.15) is 0 Å². The molecule has 2 aliphatic carbocycles. The zero-order chi connectivity index (χ0) is 12.5. The predicted octanol–water partition coefficient (Wildman–Crippen LogP) is 1.61. The van der Waals surface area contributed by atoms with Crippen LogP contribution >= 0.6 is 0 Å². The van der Waals surface area contributed by atoms with Gasteiger partial charge in [-0.2, -0.15) is 0 Å². The third-order valence-corrected chi connectivity index (χ3v) is 3.57. The molecule has 2 saturated carbocycles. The normalized spacial score (nSPS) is 23.1. The van der Waals surface area contributed by atoms with Gasteiger partial charge in [-0.15, -0.1) is 0 Å². The maximum Gasteiger partial charge on any atom is 0.0791 e. The summed E-state index contributed by atoms with van der Waals surface area (Å²) in [6, 6.07) is 0.778. The monoisotopic (exact) mass is 240 g/mol. The molecule has 2 rings (SSSR count). The molecule has 0 heterocycles. The standard InChI is InChI=1S/C14H28N2O/c1-14(2,3)15-8-13(17)10-16(12-6-7-12)9-11-4-5-11/h11-13,15,17H,4-10H2,1-3H3. The lowest BCUT2D eigenvalue weighted by Gasteiger charge is -2.27. The summed E-state index contributed by atoms with van der Waals surface area (Å²) in [6.07, 6.45) is 5.26. The molecular formula is C14H28N2O. The molecule has 0 radical (unpaired) electrons. The highest BCUT2D eigenvalue weighted by Gasteiger charge is 2.34. The summed E-state index contributed by atoms with van der Waals surface area (Å²) in [6.45, 7) is 9.20. The van der Waals surface area contributed by atoms with E-state index in [2.05, 4.69) is 31.0 Å². The Morgan fingerprint density at radius 2 is 1.88 bits per heavy atom. The van der Waals surface area contributed by atoms with Crippen molar-refractivity contribution in [2.45, 2.75) is 64.1 Å². The zero-order valence-electron chi connectivity index (χ0n) is 11.6. The van der Waals surface area contributed by atoms with Gasteiger partial charge < -0.3 is 10.4 Å². The minimum atomic E-state index is -0.228. The van der Waals surface area contributed by atoms with Crippen LogP contribution in [0.3, 0.4) is 0 Å². The van der Waals surface area contributed by atoms with Gasteiger partial charge in [0.15, 0.2) is 0 Å². The second kappa shape index (κ2) is 5.25. The van der Waals surface area contributed by atoms with Crippen molar-refractivity contribution in [2.24, 2.45) is 5.92 Å². The Morgan fingerprint density at radius 1 is 1.24 bits per heavy atom. The Morgan fingerprint density at radius 3 is 2.35 bits per heavy atom. The number of hydrogen-bond acceptors (Lipinski definition) is 3. The SMILES string of the molecule is CC(C)(C)NCC(O)CN(CC1CC1)C1CC1. The van der Waals surface area contributed by atoms with Crippen molar-refractivity contribution in [3.63, 3.8) is 0 Å². The second-order valence-corrected chi connectivity index (χ2v) is 6.91. The third kappa shape index (κ3) is 5.36. The zero-order valence-corrected chi connectivity index (χ0v) is 11.6. The van der Waals surface area contributed by atoms with Crippen LogP contribution in [0.15, 0.2) is 0 Å². The lowest BCUT2D eigenvalue weighted by Crippen LogP contribution is -2.45. The number of aliphatic hydroxyl groups excluding tert-OH is 1. The molecule has 0 aromatic carbocycles. The van der Waals surface area contributed by atoms with Crippen LogP contribution in [-0.2, 0) is 0 Å². The van der Waals surface area contributed by atoms with Gasteiger partial charge in [0.25, 0.3) is 0 Å². The summed E-state index contributed by atoms with van der Waals surface area (Å²) in [5, 5.41) is 13.5. The number of nitrogens with one attached hydrogen (secondary N) is 1. The van der Waals surface area contributed by atoms with E-state index in [-0.39, 0.29) is 11.6 Å². The van der Waals surface area contributed by atoms with Crippen molar-refractivity contribution in [1.82, 2.24) is 10.2 Å². The van der Waals surface area contributed by atoms with E-state index < -0.39 is 0 Å². The van der Waals surface area contributed by atoms with E-state index in [1.54, 1.807) is 0 Å². The molecule has 2 fully saturated rings. The average molecular weight is 240 g/mol. The highest BCUT2D eigenvalue weighted by atomic mass is 16.3. The first-order chi connectivity index (χ1) is 7.94. The smallest absolute Gasteiger partial charge is 0.0791 e. The number of β-amino-alcohol motifs (C(OH)–C–C–N with tert-alkyl or cyclic N) is 1. The molecule has 3 heteroatoms. The largest absolute Gasteiger partial charge is 0.390 e. The molecule has 3 nitrogen and oxygen atoms in total. The Labute approximate surface area is 106 Å². The molecule has 0 spiro atoms.